The molecule has 0 saturated heterocycles. The highest BCUT2D eigenvalue weighted by atomic mass is 15.1. The molecule has 0 saturated carbocycles. The number of benzene rings is 1. The standard InChI is InChI=1S/C19H20N3/c1-12-7-8-15-19(22-9-5-6-17(22)20-15)18(12)16-10-13(2)14(3)11-21(16)4/h5,7-11H,6H2,1-4H3/q+1/i3D3. The SMILES string of the molecule is [2H]C([2H])([2H])c1c[n+](C)c(-c2c(C)ccc3nc4n(c23)C=CC4)cc1C. The van der Waals surface area contributed by atoms with E-state index in [2.05, 4.69) is 35.9 Å². The number of hydrogen-bond donors (Lipinski definition) is 0. The molecule has 3 nitrogen and oxygen atoms in total. The van der Waals surface area contributed by atoms with Crippen LogP contribution in [-0.2, 0) is 13.5 Å². The Labute approximate surface area is 134 Å². The third-order valence-electron chi connectivity index (χ3n) is 4.43. The van der Waals surface area contributed by atoms with Gasteiger partial charge in [-0.15, -0.1) is 0 Å². The zero-order chi connectivity index (χ0) is 17.9. The normalized spacial score (nSPS) is 15.7. The van der Waals surface area contributed by atoms with Gasteiger partial charge in [-0.1, -0.05) is 12.1 Å². The molecule has 2 aromatic heterocycles. The van der Waals surface area contributed by atoms with Crippen LogP contribution < -0.4 is 4.57 Å². The van der Waals surface area contributed by atoms with Crippen molar-refractivity contribution in [3.63, 3.8) is 0 Å². The summed E-state index contributed by atoms with van der Waals surface area (Å²) in [6.07, 6.45) is 6.75. The van der Waals surface area contributed by atoms with Crippen LogP contribution in [0.1, 0.15) is 26.6 Å². The van der Waals surface area contributed by atoms with Crippen LogP contribution in [-0.4, -0.2) is 9.55 Å². The number of hydrogen-bond acceptors (Lipinski definition) is 1. The van der Waals surface area contributed by atoms with Crippen molar-refractivity contribution in [3.05, 3.63) is 53.0 Å². The molecular weight excluding hydrogens is 270 g/mol. The van der Waals surface area contributed by atoms with E-state index in [1.165, 1.54) is 0 Å². The van der Waals surface area contributed by atoms with Gasteiger partial charge < -0.3 is 4.57 Å². The molecule has 0 amide bonds. The number of aromatic nitrogens is 3. The Morgan fingerprint density at radius 2 is 2.09 bits per heavy atom. The maximum absolute atomic E-state index is 7.73. The van der Waals surface area contributed by atoms with Crippen LogP contribution in [0.5, 0.6) is 0 Å². The monoisotopic (exact) mass is 293 g/mol. The highest BCUT2D eigenvalue weighted by molar-refractivity contribution is 5.94. The number of rotatable bonds is 1. The quantitative estimate of drug-likeness (QED) is 0.630. The predicted octanol–water partition coefficient (Wildman–Crippen LogP) is 3.48. The summed E-state index contributed by atoms with van der Waals surface area (Å²) in [5.41, 5.74) is 6.47. The van der Waals surface area contributed by atoms with Crippen molar-refractivity contribution in [3.8, 4) is 11.3 Å². The van der Waals surface area contributed by atoms with Gasteiger partial charge in [-0.3, -0.25) is 0 Å². The average Bonchev–Trinajstić information content (AvgIpc) is 3.09. The fraction of sp³-hybridized carbons (Fsp3) is 0.263. The van der Waals surface area contributed by atoms with E-state index in [4.69, 9.17) is 9.10 Å². The smallest absolute Gasteiger partial charge is 0.215 e. The van der Waals surface area contributed by atoms with Crippen LogP contribution in [0.15, 0.2) is 30.5 Å². The topological polar surface area (TPSA) is 21.7 Å². The van der Waals surface area contributed by atoms with E-state index in [0.29, 0.717) is 5.56 Å². The zero-order valence-corrected chi connectivity index (χ0v) is 13.0. The minimum atomic E-state index is -2.11. The minimum Gasteiger partial charge on any atom is -0.302 e. The van der Waals surface area contributed by atoms with Crippen LogP contribution in [0.4, 0.5) is 0 Å². The van der Waals surface area contributed by atoms with Crippen molar-refractivity contribution >= 4 is 17.2 Å². The van der Waals surface area contributed by atoms with Gasteiger partial charge in [-0.05, 0) is 37.9 Å². The Balaban J connectivity index is 2.05. The van der Waals surface area contributed by atoms with E-state index in [0.717, 1.165) is 45.7 Å². The summed E-state index contributed by atoms with van der Waals surface area (Å²) in [6.45, 7) is 1.84. The molecule has 3 heteroatoms. The average molecular weight is 293 g/mol. The molecule has 0 unspecified atom stereocenters. The van der Waals surface area contributed by atoms with Gasteiger partial charge in [0, 0.05) is 28.4 Å². The molecule has 0 spiro atoms. The summed E-state index contributed by atoms with van der Waals surface area (Å²) in [5.74, 6) is 1.04. The van der Waals surface area contributed by atoms with Gasteiger partial charge in [0.25, 0.3) is 0 Å². The molecule has 1 aromatic carbocycles. The number of allylic oxidation sites excluding steroid dienone is 1. The second-order valence-electron chi connectivity index (χ2n) is 5.98. The molecule has 0 fully saturated rings. The van der Waals surface area contributed by atoms with Gasteiger partial charge in [-0.25, -0.2) is 9.55 Å². The molecule has 110 valence electrons. The summed E-state index contributed by atoms with van der Waals surface area (Å²) < 4.78 is 27.2. The number of nitrogens with zero attached hydrogens (tertiary/aromatic N) is 3. The highest BCUT2D eigenvalue weighted by Gasteiger charge is 2.22. The summed E-state index contributed by atoms with van der Waals surface area (Å²) in [4.78, 5) is 4.73. The van der Waals surface area contributed by atoms with E-state index >= 15 is 0 Å². The van der Waals surface area contributed by atoms with Crippen LogP contribution >= 0.6 is 0 Å². The third-order valence-corrected chi connectivity index (χ3v) is 4.43. The first kappa shape index (κ1) is 10.3. The molecule has 4 rings (SSSR count). The maximum atomic E-state index is 7.73. The number of fused-ring (bicyclic) bond motifs is 3. The van der Waals surface area contributed by atoms with Gasteiger partial charge in [0.1, 0.15) is 12.9 Å². The van der Waals surface area contributed by atoms with E-state index in [1.54, 1.807) is 6.20 Å². The molecule has 1 aliphatic rings. The van der Waals surface area contributed by atoms with E-state index in [9.17, 15) is 0 Å². The van der Waals surface area contributed by atoms with Crippen LogP contribution in [0.3, 0.4) is 0 Å². The number of pyridine rings is 1. The lowest BCUT2D eigenvalue weighted by Gasteiger charge is -2.09. The Bertz CT molecular complexity index is 1040. The molecular formula is C19H20N3+. The Morgan fingerprint density at radius 3 is 2.91 bits per heavy atom. The van der Waals surface area contributed by atoms with Crippen molar-refractivity contribution in [2.24, 2.45) is 7.05 Å². The van der Waals surface area contributed by atoms with E-state index in [1.807, 2.05) is 24.6 Å². The summed E-state index contributed by atoms with van der Waals surface area (Å²) in [7, 11) is 1.90. The van der Waals surface area contributed by atoms with Gasteiger partial charge in [-0.2, -0.15) is 0 Å². The first-order valence-corrected chi connectivity index (χ1v) is 7.45. The molecule has 0 bridgehead atoms. The largest absolute Gasteiger partial charge is 0.302 e. The second-order valence-corrected chi connectivity index (χ2v) is 5.98. The number of aryl methyl sites for hydroxylation is 4. The molecule has 0 radical (unpaired) electrons. The molecule has 0 N–H and O–H groups in total. The number of imidazole rings is 1. The van der Waals surface area contributed by atoms with E-state index in [-0.39, 0.29) is 0 Å². The van der Waals surface area contributed by atoms with Crippen LogP contribution in [0, 0.1) is 20.7 Å². The zero-order valence-electron chi connectivity index (χ0n) is 16.0. The Morgan fingerprint density at radius 1 is 1.23 bits per heavy atom. The van der Waals surface area contributed by atoms with Crippen molar-refractivity contribution < 1.29 is 8.68 Å². The van der Waals surface area contributed by atoms with Crippen molar-refractivity contribution in [2.45, 2.75) is 27.1 Å². The Hall–Kier alpha value is -2.42. The van der Waals surface area contributed by atoms with Crippen molar-refractivity contribution in [1.29, 1.82) is 0 Å². The van der Waals surface area contributed by atoms with Crippen molar-refractivity contribution in [2.75, 3.05) is 0 Å². The Kier molecular flexibility index (Phi) is 2.13. The lowest BCUT2D eigenvalue weighted by Crippen LogP contribution is -2.31. The van der Waals surface area contributed by atoms with Crippen LogP contribution in [0.2, 0.25) is 0 Å². The van der Waals surface area contributed by atoms with Crippen LogP contribution in [0.25, 0.3) is 28.5 Å². The molecule has 3 heterocycles. The molecule has 1 aliphatic heterocycles. The predicted molar refractivity (Wildman–Crippen MR) is 89.6 cm³/mol. The molecule has 0 aliphatic carbocycles. The van der Waals surface area contributed by atoms with Gasteiger partial charge in [0.2, 0.25) is 5.69 Å². The second kappa shape index (κ2) is 4.54. The summed E-state index contributed by atoms with van der Waals surface area (Å²) >= 11 is 0. The van der Waals surface area contributed by atoms with Gasteiger partial charge in [0.15, 0.2) is 6.20 Å². The lowest BCUT2D eigenvalue weighted by atomic mass is 10.0. The lowest BCUT2D eigenvalue weighted by molar-refractivity contribution is -0.660. The fourth-order valence-electron chi connectivity index (χ4n) is 3.23. The highest BCUT2D eigenvalue weighted by Crippen LogP contribution is 2.33. The van der Waals surface area contributed by atoms with Crippen molar-refractivity contribution in [1.82, 2.24) is 9.55 Å². The summed E-state index contributed by atoms with van der Waals surface area (Å²) in [5, 5.41) is 0. The molecule has 0 atom stereocenters. The summed E-state index contributed by atoms with van der Waals surface area (Å²) in [6, 6.07) is 6.11. The van der Waals surface area contributed by atoms with Gasteiger partial charge >= 0.3 is 0 Å². The maximum Gasteiger partial charge on any atom is 0.215 e. The van der Waals surface area contributed by atoms with E-state index < -0.39 is 6.85 Å². The minimum absolute atomic E-state index is 0.391. The third kappa shape index (κ3) is 1.75. The molecule has 22 heavy (non-hydrogen) atoms. The fourth-order valence-corrected chi connectivity index (χ4v) is 3.23. The first-order valence-electron chi connectivity index (χ1n) is 8.95. The molecule has 3 aromatic rings. The first-order chi connectivity index (χ1) is 11.8. The van der Waals surface area contributed by atoms with Gasteiger partial charge in [0.05, 0.1) is 16.6 Å².